The van der Waals surface area contributed by atoms with E-state index in [1.54, 1.807) is 36.4 Å². The first-order valence-corrected chi connectivity index (χ1v) is 16.7. The monoisotopic (exact) mass is 670 g/mol. The molecule has 0 atom stereocenters. The van der Waals surface area contributed by atoms with Gasteiger partial charge in [0.2, 0.25) is 0 Å². The summed E-state index contributed by atoms with van der Waals surface area (Å²) in [5.41, 5.74) is 7.38. The number of ether oxygens (including phenoxy) is 2. The number of carbonyl (C=O) groups is 4. The predicted molar refractivity (Wildman–Crippen MR) is 197 cm³/mol. The molecule has 6 aromatic carbocycles. The van der Waals surface area contributed by atoms with E-state index in [0.717, 1.165) is 33.4 Å². The Bertz CT molecular complexity index is 2200. The van der Waals surface area contributed by atoms with E-state index in [1.165, 1.54) is 27.7 Å². The van der Waals surface area contributed by atoms with Crippen LogP contribution in [-0.2, 0) is 5.41 Å². The number of rotatable bonds is 10. The lowest BCUT2D eigenvalue weighted by Gasteiger charge is -2.34. The Balaban J connectivity index is 1.29. The van der Waals surface area contributed by atoms with E-state index in [4.69, 9.17) is 9.47 Å². The van der Waals surface area contributed by atoms with E-state index in [9.17, 15) is 19.2 Å². The lowest BCUT2D eigenvalue weighted by atomic mass is 9.68. The van der Waals surface area contributed by atoms with Gasteiger partial charge in [-0.15, -0.1) is 0 Å². The van der Waals surface area contributed by atoms with Crippen LogP contribution in [0.2, 0.25) is 0 Å². The van der Waals surface area contributed by atoms with E-state index in [0.29, 0.717) is 45.3 Å². The molecule has 0 fully saturated rings. The Morgan fingerprint density at radius 3 is 1.08 bits per heavy atom. The number of fused-ring (bicyclic) bond motifs is 3. The van der Waals surface area contributed by atoms with Gasteiger partial charge in [-0.1, -0.05) is 72.8 Å². The maximum absolute atomic E-state index is 12.3. The second-order valence-corrected chi connectivity index (χ2v) is 12.7. The number of ketones is 4. The lowest BCUT2D eigenvalue weighted by molar-refractivity contribution is 0.0980. The highest BCUT2D eigenvalue weighted by Gasteiger charge is 2.45. The molecule has 0 unspecified atom stereocenters. The maximum atomic E-state index is 12.3. The summed E-state index contributed by atoms with van der Waals surface area (Å²) in [5, 5.41) is 0. The number of benzene rings is 6. The predicted octanol–water partition coefficient (Wildman–Crippen LogP) is 10.4. The fourth-order valence-electron chi connectivity index (χ4n) is 7.21. The summed E-state index contributed by atoms with van der Waals surface area (Å²) >= 11 is 0. The van der Waals surface area contributed by atoms with Gasteiger partial charge in [0.05, 0.1) is 5.41 Å². The largest absolute Gasteiger partial charge is 0.457 e. The molecule has 0 heterocycles. The number of carbonyl (C=O) groups excluding carboxylic acids is 4. The van der Waals surface area contributed by atoms with Crippen molar-refractivity contribution in [2.45, 2.75) is 33.1 Å². The van der Waals surface area contributed by atoms with Gasteiger partial charge in [0, 0.05) is 22.3 Å². The minimum atomic E-state index is -0.667. The van der Waals surface area contributed by atoms with Crippen molar-refractivity contribution in [2.24, 2.45) is 0 Å². The molecular weight excluding hydrogens is 636 g/mol. The van der Waals surface area contributed by atoms with Crippen LogP contribution < -0.4 is 9.47 Å². The standard InChI is InChI=1S/C45H34O6/c1-27(46)37-23-21-35(25-41(37)29(3)48)50-33-17-13-31(14-18-33)45(43-11-7-5-9-39(43)40-10-6-8-12-44(40)45)32-15-19-34(20-16-32)51-36-22-24-38(28(2)47)42(26-36)30(4)49/h5-26H,1-4H3. The molecule has 0 aliphatic heterocycles. The Hall–Kier alpha value is -6.40. The smallest absolute Gasteiger partial charge is 0.160 e. The Morgan fingerprint density at radius 1 is 0.392 bits per heavy atom. The van der Waals surface area contributed by atoms with Crippen LogP contribution in [0.4, 0.5) is 0 Å². The molecule has 0 N–H and O–H groups in total. The molecule has 7 rings (SSSR count). The van der Waals surface area contributed by atoms with Crippen molar-refractivity contribution in [3.63, 3.8) is 0 Å². The summed E-state index contributed by atoms with van der Waals surface area (Å²) in [5.74, 6) is 1.34. The van der Waals surface area contributed by atoms with Crippen molar-refractivity contribution in [1.82, 2.24) is 0 Å². The van der Waals surface area contributed by atoms with Crippen molar-refractivity contribution in [3.8, 4) is 34.1 Å². The third-order valence-corrected chi connectivity index (χ3v) is 9.50. The van der Waals surface area contributed by atoms with Crippen molar-refractivity contribution in [3.05, 3.63) is 178 Å². The maximum Gasteiger partial charge on any atom is 0.160 e. The van der Waals surface area contributed by atoms with Crippen LogP contribution in [0.5, 0.6) is 23.0 Å². The average Bonchev–Trinajstić information content (AvgIpc) is 3.43. The highest BCUT2D eigenvalue weighted by molar-refractivity contribution is 6.08. The Labute approximate surface area is 296 Å². The third kappa shape index (κ3) is 5.85. The first kappa shape index (κ1) is 33.1. The fraction of sp³-hybridized carbons (Fsp3) is 0.111. The summed E-state index contributed by atoms with van der Waals surface area (Å²) in [6.45, 7) is 5.76. The molecule has 1 aliphatic rings. The number of hydrogen-bond donors (Lipinski definition) is 0. The lowest BCUT2D eigenvalue weighted by Crippen LogP contribution is -2.28. The first-order valence-electron chi connectivity index (χ1n) is 16.7. The zero-order valence-electron chi connectivity index (χ0n) is 28.7. The molecule has 0 bridgehead atoms. The summed E-state index contributed by atoms with van der Waals surface area (Å²) in [6, 6.07) is 42.7. The van der Waals surface area contributed by atoms with Crippen LogP contribution in [0.15, 0.2) is 133 Å². The van der Waals surface area contributed by atoms with Gasteiger partial charge in [-0.25, -0.2) is 0 Å². The molecule has 250 valence electrons. The van der Waals surface area contributed by atoms with Crippen LogP contribution >= 0.6 is 0 Å². The van der Waals surface area contributed by atoms with Gasteiger partial charge in [-0.05, 0) is 122 Å². The molecule has 6 heteroatoms. The molecule has 0 radical (unpaired) electrons. The molecule has 6 nitrogen and oxygen atoms in total. The van der Waals surface area contributed by atoms with E-state index in [2.05, 4.69) is 72.8 Å². The quantitative estimate of drug-likeness (QED) is 0.135. The van der Waals surface area contributed by atoms with Gasteiger partial charge in [-0.2, -0.15) is 0 Å². The molecule has 0 saturated carbocycles. The minimum Gasteiger partial charge on any atom is -0.457 e. The van der Waals surface area contributed by atoms with Crippen LogP contribution in [0, 0.1) is 0 Å². The first-order chi connectivity index (χ1) is 24.6. The van der Waals surface area contributed by atoms with E-state index in [1.807, 2.05) is 24.3 Å². The zero-order valence-corrected chi connectivity index (χ0v) is 28.7. The third-order valence-electron chi connectivity index (χ3n) is 9.50. The van der Waals surface area contributed by atoms with Crippen molar-refractivity contribution in [2.75, 3.05) is 0 Å². The van der Waals surface area contributed by atoms with E-state index in [-0.39, 0.29) is 23.1 Å². The summed E-state index contributed by atoms with van der Waals surface area (Å²) in [4.78, 5) is 48.7. The average molecular weight is 671 g/mol. The van der Waals surface area contributed by atoms with Crippen LogP contribution in [0.1, 0.15) is 91.4 Å². The summed E-state index contributed by atoms with van der Waals surface area (Å²) in [6.07, 6.45) is 0. The van der Waals surface area contributed by atoms with Gasteiger partial charge in [0.25, 0.3) is 0 Å². The van der Waals surface area contributed by atoms with Gasteiger partial charge in [0.15, 0.2) is 23.1 Å². The van der Waals surface area contributed by atoms with Gasteiger partial charge < -0.3 is 9.47 Å². The molecule has 0 spiro atoms. The molecule has 51 heavy (non-hydrogen) atoms. The summed E-state index contributed by atoms with van der Waals surface area (Å²) in [7, 11) is 0. The number of Topliss-reactive ketones (excluding diaryl/α,β-unsaturated/α-hetero) is 4. The second kappa shape index (κ2) is 13.1. The van der Waals surface area contributed by atoms with Gasteiger partial charge >= 0.3 is 0 Å². The molecule has 0 amide bonds. The molecule has 0 saturated heterocycles. The van der Waals surface area contributed by atoms with Crippen LogP contribution in [0.25, 0.3) is 11.1 Å². The normalized spacial score (nSPS) is 12.4. The fourth-order valence-corrected chi connectivity index (χ4v) is 7.21. The topological polar surface area (TPSA) is 86.7 Å². The van der Waals surface area contributed by atoms with Crippen LogP contribution in [-0.4, -0.2) is 23.1 Å². The van der Waals surface area contributed by atoms with Crippen LogP contribution in [0.3, 0.4) is 0 Å². The molecular formula is C45H34O6. The van der Waals surface area contributed by atoms with Crippen molar-refractivity contribution >= 4 is 23.1 Å². The highest BCUT2D eigenvalue weighted by atomic mass is 16.5. The van der Waals surface area contributed by atoms with Gasteiger partial charge in [-0.3, -0.25) is 19.2 Å². The minimum absolute atomic E-state index is 0.177. The van der Waals surface area contributed by atoms with Crippen molar-refractivity contribution < 1.29 is 28.7 Å². The van der Waals surface area contributed by atoms with Crippen molar-refractivity contribution in [1.29, 1.82) is 0 Å². The SMILES string of the molecule is CC(=O)c1ccc(Oc2ccc(C3(c4ccc(Oc5ccc(C(C)=O)c(C(C)=O)c5)cc4)c4ccccc4-c4ccccc43)cc2)cc1C(C)=O. The van der Waals surface area contributed by atoms with Gasteiger partial charge in [0.1, 0.15) is 23.0 Å². The Kier molecular flexibility index (Phi) is 8.53. The molecule has 1 aliphatic carbocycles. The molecule has 6 aromatic rings. The highest BCUT2D eigenvalue weighted by Crippen LogP contribution is 2.56. The Morgan fingerprint density at radius 2 is 0.725 bits per heavy atom. The zero-order chi connectivity index (χ0) is 35.9. The molecule has 0 aromatic heterocycles. The van der Waals surface area contributed by atoms with E-state index >= 15 is 0 Å². The number of hydrogen-bond acceptors (Lipinski definition) is 6. The second-order valence-electron chi connectivity index (χ2n) is 12.7. The summed E-state index contributed by atoms with van der Waals surface area (Å²) < 4.78 is 12.4. The van der Waals surface area contributed by atoms with E-state index < -0.39 is 5.41 Å².